The quantitative estimate of drug-likeness (QED) is 0.777. The molecule has 1 N–H and O–H groups in total. The molecule has 3 nitrogen and oxygen atoms in total. The molecule has 0 saturated heterocycles. The number of amides is 1. The Morgan fingerprint density at radius 2 is 2.23 bits per heavy atom. The van der Waals surface area contributed by atoms with Crippen molar-refractivity contribution in [3.05, 3.63) is 29.8 Å². The lowest BCUT2D eigenvalue weighted by atomic mass is 9.89. The van der Waals surface area contributed by atoms with Gasteiger partial charge < -0.3 is 10.1 Å². The highest BCUT2D eigenvalue weighted by molar-refractivity contribution is 5.90. The molecule has 0 aromatic heterocycles. The summed E-state index contributed by atoms with van der Waals surface area (Å²) in [5.41, 5.74) is 2.01. The minimum Gasteiger partial charge on any atom is -0.374 e. The van der Waals surface area contributed by atoms with Crippen LogP contribution in [0, 0.1) is 5.92 Å². The molecule has 0 bridgehead atoms. The Hall–Kier alpha value is -1.35. The van der Waals surface area contributed by atoms with Gasteiger partial charge in [-0.3, -0.25) is 4.79 Å². The van der Waals surface area contributed by atoms with Crippen molar-refractivity contribution in [3.8, 4) is 0 Å². The first-order valence-electron chi connectivity index (χ1n) is 8.67. The lowest BCUT2D eigenvalue weighted by molar-refractivity contribution is -0.116. The third kappa shape index (κ3) is 5.80. The molecule has 1 aromatic carbocycles. The van der Waals surface area contributed by atoms with E-state index in [4.69, 9.17) is 4.74 Å². The van der Waals surface area contributed by atoms with E-state index in [-0.39, 0.29) is 5.91 Å². The first kappa shape index (κ1) is 17.0. The van der Waals surface area contributed by atoms with Gasteiger partial charge in [-0.2, -0.15) is 0 Å². The number of carbonyl (C=O) groups is 1. The molecule has 122 valence electrons. The Morgan fingerprint density at radius 3 is 3.00 bits per heavy atom. The smallest absolute Gasteiger partial charge is 0.224 e. The Bertz CT molecular complexity index is 472. The van der Waals surface area contributed by atoms with Gasteiger partial charge in [0, 0.05) is 12.1 Å². The summed E-state index contributed by atoms with van der Waals surface area (Å²) in [5.74, 6) is 0.879. The third-order valence-electron chi connectivity index (χ3n) is 4.34. The molecule has 0 aliphatic heterocycles. The van der Waals surface area contributed by atoms with Crippen LogP contribution in [0.1, 0.15) is 64.4 Å². The van der Waals surface area contributed by atoms with Crippen molar-refractivity contribution in [2.45, 2.75) is 71.5 Å². The van der Waals surface area contributed by atoms with Gasteiger partial charge >= 0.3 is 0 Å². The van der Waals surface area contributed by atoms with Crippen LogP contribution in [0.5, 0.6) is 0 Å². The fourth-order valence-electron chi connectivity index (χ4n) is 3.04. The van der Waals surface area contributed by atoms with Gasteiger partial charge in [0.25, 0.3) is 0 Å². The van der Waals surface area contributed by atoms with Crippen molar-refractivity contribution in [1.82, 2.24) is 0 Å². The molecule has 2 unspecified atom stereocenters. The van der Waals surface area contributed by atoms with Crippen molar-refractivity contribution in [2.24, 2.45) is 5.92 Å². The Balaban J connectivity index is 1.81. The van der Waals surface area contributed by atoms with Crippen molar-refractivity contribution >= 4 is 11.6 Å². The van der Waals surface area contributed by atoms with E-state index in [9.17, 15) is 4.79 Å². The fourth-order valence-corrected chi connectivity index (χ4v) is 3.04. The molecule has 22 heavy (non-hydrogen) atoms. The van der Waals surface area contributed by atoms with Gasteiger partial charge in [0.1, 0.15) is 0 Å². The van der Waals surface area contributed by atoms with Crippen LogP contribution >= 0.6 is 0 Å². The van der Waals surface area contributed by atoms with Crippen LogP contribution in [0.15, 0.2) is 24.3 Å². The minimum atomic E-state index is 0.0982. The molecular formula is C19H29NO2. The summed E-state index contributed by atoms with van der Waals surface area (Å²) in [5, 5.41) is 2.97. The number of hydrogen-bond acceptors (Lipinski definition) is 2. The molecule has 1 aliphatic rings. The molecule has 3 heteroatoms. The normalized spacial score (nSPS) is 21.5. The number of benzene rings is 1. The van der Waals surface area contributed by atoms with E-state index < -0.39 is 0 Å². The van der Waals surface area contributed by atoms with Gasteiger partial charge in [-0.1, -0.05) is 45.2 Å². The number of rotatable bonds is 7. The monoisotopic (exact) mass is 303 g/mol. The van der Waals surface area contributed by atoms with Gasteiger partial charge in [0.05, 0.1) is 12.7 Å². The fraction of sp³-hybridized carbons (Fsp3) is 0.632. The number of ether oxygens (including phenoxy) is 1. The summed E-state index contributed by atoms with van der Waals surface area (Å²) in [4.78, 5) is 11.8. The zero-order valence-electron chi connectivity index (χ0n) is 13.9. The Kier molecular flexibility index (Phi) is 6.91. The highest BCUT2D eigenvalue weighted by Crippen LogP contribution is 2.26. The predicted molar refractivity (Wildman–Crippen MR) is 90.8 cm³/mol. The maximum Gasteiger partial charge on any atom is 0.224 e. The standard InChI is InChI=1S/C19H29NO2/c1-3-4-11-19(21)20-17-9-6-8-16(13-17)14-22-18-10-5-7-15(2)12-18/h6,8-9,13,15,18H,3-5,7,10-12,14H2,1-2H3,(H,20,21). The van der Waals surface area contributed by atoms with Crippen molar-refractivity contribution < 1.29 is 9.53 Å². The van der Waals surface area contributed by atoms with E-state index in [1.807, 2.05) is 18.2 Å². The summed E-state index contributed by atoms with van der Waals surface area (Å²) in [6.45, 7) is 5.04. The van der Waals surface area contributed by atoms with E-state index in [1.54, 1.807) is 0 Å². The third-order valence-corrected chi connectivity index (χ3v) is 4.34. The number of nitrogens with one attached hydrogen (secondary N) is 1. The molecule has 2 atom stereocenters. The van der Waals surface area contributed by atoms with Crippen LogP contribution in [0.2, 0.25) is 0 Å². The van der Waals surface area contributed by atoms with Gasteiger partial charge in [-0.15, -0.1) is 0 Å². The molecule has 1 fully saturated rings. The first-order chi connectivity index (χ1) is 10.7. The summed E-state index contributed by atoms with van der Waals surface area (Å²) in [6, 6.07) is 8.01. The van der Waals surface area contributed by atoms with Crippen LogP contribution in [-0.4, -0.2) is 12.0 Å². The van der Waals surface area contributed by atoms with Crippen LogP contribution in [0.4, 0.5) is 5.69 Å². The van der Waals surface area contributed by atoms with Crippen molar-refractivity contribution in [2.75, 3.05) is 5.32 Å². The summed E-state index contributed by atoms with van der Waals surface area (Å²) >= 11 is 0. The van der Waals surface area contributed by atoms with E-state index in [2.05, 4.69) is 25.2 Å². The lowest BCUT2D eigenvalue weighted by Gasteiger charge is -2.26. The lowest BCUT2D eigenvalue weighted by Crippen LogP contribution is -2.21. The number of hydrogen-bond donors (Lipinski definition) is 1. The summed E-state index contributed by atoms with van der Waals surface area (Å²) < 4.78 is 6.05. The molecular weight excluding hydrogens is 274 g/mol. The molecule has 1 aromatic rings. The van der Waals surface area contributed by atoms with Gasteiger partial charge in [0.15, 0.2) is 0 Å². The average molecular weight is 303 g/mol. The van der Waals surface area contributed by atoms with Gasteiger partial charge in [-0.25, -0.2) is 0 Å². The van der Waals surface area contributed by atoms with E-state index in [0.717, 1.165) is 30.0 Å². The second kappa shape index (κ2) is 8.94. The van der Waals surface area contributed by atoms with Gasteiger partial charge in [0.2, 0.25) is 5.91 Å². The zero-order valence-corrected chi connectivity index (χ0v) is 13.9. The number of anilines is 1. The second-order valence-electron chi connectivity index (χ2n) is 6.56. The van der Waals surface area contributed by atoms with Gasteiger partial charge in [-0.05, 0) is 42.9 Å². The largest absolute Gasteiger partial charge is 0.374 e. The molecule has 0 spiro atoms. The first-order valence-corrected chi connectivity index (χ1v) is 8.67. The van der Waals surface area contributed by atoms with Crippen LogP contribution in [0.3, 0.4) is 0 Å². The molecule has 0 radical (unpaired) electrons. The summed E-state index contributed by atoms with van der Waals surface area (Å²) in [7, 11) is 0. The SMILES string of the molecule is CCCCC(=O)Nc1cccc(COC2CCCC(C)C2)c1. The van der Waals surface area contributed by atoms with Crippen LogP contribution < -0.4 is 5.32 Å². The maximum atomic E-state index is 11.8. The molecule has 1 amide bonds. The number of carbonyl (C=O) groups excluding carboxylic acids is 1. The molecule has 0 heterocycles. The highest BCUT2D eigenvalue weighted by Gasteiger charge is 2.19. The number of unbranched alkanes of at least 4 members (excludes halogenated alkanes) is 1. The van der Waals surface area contributed by atoms with Crippen LogP contribution in [-0.2, 0) is 16.1 Å². The van der Waals surface area contributed by atoms with E-state index >= 15 is 0 Å². The van der Waals surface area contributed by atoms with E-state index in [1.165, 1.54) is 25.7 Å². The van der Waals surface area contributed by atoms with E-state index in [0.29, 0.717) is 19.1 Å². The van der Waals surface area contributed by atoms with Crippen molar-refractivity contribution in [3.63, 3.8) is 0 Å². The topological polar surface area (TPSA) is 38.3 Å². The average Bonchev–Trinajstić information content (AvgIpc) is 2.51. The maximum absolute atomic E-state index is 11.8. The molecule has 1 aliphatic carbocycles. The Labute approximate surface area is 134 Å². The minimum absolute atomic E-state index is 0.0982. The summed E-state index contributed by atoms with van der Waals surface area (Å²) in [6.07, 6.45) is 7.93. The second-order valence-corrected chi connectivity index (χ2v) is 6.56. The van der Waals surface area contributed by atoms with Crippen molar-refractivity contribution in [1.29, 1.82) is 0 Å². The zero-order chi connectivity index (χ0) is 15.8. The van der Waals surface area contributed by atoms with Crippen LogP contribution in [0.25, 0.3) is 0 Å². The Morgan fingerprint density at radius 1 is 1.36 bits per heavy atom. The highest BCUT2D eigenvalue weighted by atomic mass is 16.5. The molecule has 1 saturated carbocycles. The predicted octanol–water partition coefficient (Wildman–Crippen LogP) is 4.91. The molecule has 2 rings (SSSR count).